The standard InChI is InChI=1S/C11H14N4O3S/c1-6(2)15-10(12)13-14-11(15)19-5-7-3-4-8(18-7)9(16)17/h3-4,6H,5H2,1-2H3,(H2,12,13)(H,16,17). The molecule has 0 aromatic carbocycles. The lowest BCUT2D eigenvalue weighted by molar-refractivity contribution is 0.0661. The van der Waals surface area contributed by atoms with E-state index in [1.54, 1.807) is 6.07 Å². The van der Waals surface area contributed by atoms with Crippen molar-refractivity contribution in [2.24, 2.45) is 0 Å². The SMILES string of the molecule is CC(C)n1c(N)nnc1SCc1ccc(C(=O)O)o1. The molecule has 0 aliphatic carbocycles. The first-order chi connectivity index (χ1) is 8.99. The maximum atomic E-state index is 10.7. The molecular weight excluding hydrogens is 268 g/mol. The molecule has 0 radical (unpaired) electrons. The highest BCUT2D eigenvalue weighted by atomic mass is 32.2. The predicted molar refractivity (Wildman–Crippen MR) is 70.0 cm³/mol. The molecule has 0 saturated carbocycles. The van der Waals surface area contributed by atoms with Crippen LogP contribution in [0.2, 0.25) is 0 Å². The smallest absolute Gasteiger partial charge is 0.371 e. The van der Waals surface area contributed by atoms with E-state index in [0.29, 0.717) is 22.6 Å². The Morgan fingerprint density at radius 3 is 2.84 bits per heavy atom. The number of nitrogens with zero attached hydrogens (tertiary/aromatic N) is 3. The Balaban J connectivity index is 2.08. The molecule has 0 atom stereocenters. The van der Waals surface area contributed by atoms with Crippen molar-refractivity contribution in [2.75, 3.05) is 5.73 Å². The first-order valence-electron chi connectivity index (χ1n) is 5.64. The molecule has 2 rings (SSSR count). The molecule has 102 valence electrons. The Bertz CT molecular complexity index is 591. The van der Waals surface area contributed by atoms with E-state index in [1.165, 1.54) is 17.8 Å². The molecule has 2 heterocycles. The molecule has 3 N–H and O–H groups in total. The van der Waals surface area contributed by atoms with Gasteiger partial charge in [0, 0.05) is 6.04 Å². The molecule has 0 aliphatic rings. The van der Waals surface area contributed by atoms with Gasteiger partial charge in [0.2, 0.25) is 11.7 Å². The number of rotatable bonds is 5. The van der Waals surface area contributed by atoms with E-state index in [0.717, 1.165) is 0 Å². The second kappa shape index (κ2) is 5.35. The van der Waals surface area contributed by atoms with E-state index < -0.39 is 5.97 Å². The Labute approximate surface area is 113 Å². The van der Waals surface area contributed by atoms with Gasteiger partial charge in [-0.1, -0.05) is 11.8 Å². The van der Waals surface area contributed by atoms with Gasteiger partial charge in [-0.2, -0.15) is 0 Å². The van der Waals surface area contributed by atoms with Crippen molar-refractivity contribution in [2.45, 2.75) is 30.8 Å². The van der Waals surface area contributed by atoms with Crippen molar-refractivity contribution in [1.29, 1.82) is 0 Å². The lowest BCUT2D eigenvalue weighted by atomic mass is 10.4. The van der Waals surface area contributed by atoms with Gasteiger partial charge in [-0.3, -0.25) is 4.57 Å². The predicted octanol–water partition coefficient (Wildman–Crippen LogP) is 2.02. The third kappa shape index (κ3) is 2.90. The second-order valence-electron chi connectivity index (χ2n) is 4.16. The fraction of sp³-hybridized carbons (Fsp3) is 0.364. The van der Waals surface area contributed by atoms with Gasteiger partial charge >= 0.3 is 5.97 Å². The summed E-state index contributed by atoms with van der Waals surface area (Å²) in [6.45, 7) is 3.97. The quantitative estimate of drug-likeness (QED) is 0.808. The zero-order valence-corrected chi connectivity index (χ0v) is 11.3. The number of carbonyl (C=O) groups is 1. The van der Waals surface area contributed by atoms with E-state index in [2.05, 4.69) is 10.2 Å². The molecule has 0 spiro atoms. The number of nitrogen functional groups attached to an aromatic ring is 1. The van der Waals surface area contributed by atoms with Crippen molar-refractivity contribution in [3.05, 3.63) is 23.7 Å². The molecular formula is C11H14N4O3S. The number of hydrogen-bond acceptors (Lipinski definition) is 6. The van der Waals surface area contributed by atoms with Gasteiger partial charge < -0.3 is 15.3 Å². The molecule has 8 heteroatoms. The average molecular weight is 282 g/mol. The fourth-order valence-electron chi connectivity index (χ4n) is 1.58. The number of furan rings is 1. The lowest BCUT2D eigenvalue weighted by Gasteiger charge is -2.10. The summed E-state index contributed by atoms with van der Waals surface area (Å²) < 4.78 is 6.98. The third-order valence-corrected chi connectivity index (χ3v) is 3.39. The maximum absolute atomic E-state index is 10.7. The molecule has 0 saturated heterocycles. The van der Waals surface area contributed by atoms with E-state index in [-0.39, 0.29) is 11.8 Å². The van der Waals surface area contributed by atoms with Crippen molar-refractivity contribution in [3.8, 4) is 0 Å². The molecule has 2 aromatic rings. The van der Waals surface area contributed by atoms with Gasteiger partial charge in [-0.05, 0) is 26.0 Å². The van der Waals surface area contributed by atoms with Crippen molar-refractivity contribution in [3.63, 3.8) is 0 Å². The summed E-state index contributed by atoms with van der Waals surface area (Å²) >= 11 is 1.40. The summed E-state index contributed by atoms with van der Waals surface area (Å²) in [4.78, 5) is 10.7. The van der Waals surface area contributed by atoms with Crippen molar-refractivity contribution < 1.29 is 14.3 Å². The van der Waals surface area contributed by atoms with Crippen LogP contribution in [0.25, 0.3) is 0 Å². The Kier molecular flexibility index (Phi) is 3.79. The van der Waals surface area contributed by atoms with E-state index in [9.17, 15) is 4.79 Å². The van der Waals surface area contributed by atoms with Crippen LogP contribution < -0.4 is 5.73 Å². The molecule has 2 aromatic heterocycles. The van der Waals surface area contributed by atoms with Crippen LogP contribution in [0.15, 0.2) is 21.7 Å². The topological polar surface area (TPSA) is 107 Å². The van der Waals surface area contributed by atoms with Gasteiger partial charge in [0.25, 0.3) is 0 Å². The van der Waals surface area contributed by atoms with Gasteiger partial charge in [-0.15, -0.1) is 10.2 Å². The zero-order chi connectivity index (χ0) is 14.0. The molecule has 0 fully saturated rings. The van der Waals surface area contributed by atoms with Crippen LogP contribution in [0, 0.1) is 0 Å². The van der Waals surface area contributed by atoms with Gasteiger partial charge in [0.1, 0.15) is 5.76 Å². The van der Waals surface area contributed by atoms with Gasteiger partial charge in [-0.25, -0.2) is 4.79 Å². The number of aromatic nitrogens is 3. The maximum Gasteiger partial charge on any atom is 0.371 e. The minimum absolute atomic E-state index is 0.0690. The summed E-state index contributed by atoms with van der Waals surface area (Å²) in [5, 5.41) is 17.3. The van der Waals surface area contributed by atoms with Crippen LogP contribution in [-0.2, 0) is 5.75 Å². The molecule has 0 amide bonds. The van der Waals surface area contributed by atoms with Crippen molar-refractivity contribution in [1.82, 2.24) is 14.8 Å². The molecule has 0 aliphatic heterocycles. The van der Waals surface area contributed by atoms with Crippen LogP contribution in [-0.4, -0.2) is 25.8 Å². The number of hydrogen-bond donors (Lipinski definition) is 2. The summed E-state index contributed by atoms with van der Waals surface area (Å²) in [5.41, 5.74) is 5.73. The molecule has 0 unspecified atom stereocenters. The highest BCUT2D eigenvalue weighted by Crippen LogP contribution is 2.26. The number of anilines is 1. The summed E-state index contributed by atoms with van der Waals surface area (Å²) in [7, 11) is 0. The monoisotopic (exact) mass is 282 g/mol. The normalized spacial score (nSPS) is 11.1. The summed E-state index contributed by atoms with van der Waals surface area (Å²) in [6, 6.07) is 3.22. The van der Waals surface area contributed by atoms with Crippen LogP contribution in [0.3, 0.4) is 0 Å². The second-order valence-corrected chi connectivity index (χ2v) is 5.11. The third-order valence-electron chi connectivity index (χ3n) is 2.42. The van der Waals surface area contributed by atoms with Crippen molar-refractivity contribution >= 4 is 23.7 Å². The number of carboxylic acid groups (broad SMARTS) is 1. The van der Waals surface area contributed by atoms with Crippen LogP contribution in [0.4, 0.5) is 5.95 Å². The molecule has 0 bridgehead atoms. The highest BCUT2D eigenvalue weighted by molar-refractivity contribution is 7.98. The van der Waals surface area contributed by atoms with E-state index in [1.807, 2.05) is 18.4 Å². The number of nitrogens with two attached hydrogens (primary N) is 1. The minimum atomic E-state index is -1.08. The Hall–Kier alpha value is -1.96. The highest BCUT2D eigenvalue weighted by Gasteiger charge is 2.14. The first kappa shape index (κ1) is 13.5. The Morgan fingerprint density at radius 1 is 1.53 bits per heavy atom. The average Bonchev–Trinajstić information content (AvgIpc) is 2.92. The van der Waals surface area contributed by atoms with Crippen LogP contribution in [0.1, 0.15) is 36.2 Å². The molecule has 19 heavy (non-hydrogen) atoms. The first-order valence-corrected chi connectivity index (χ1v) is 6.62. The largest absolute Gasteiger partial charge is 0.475 e. The van der Waals surface area contributed by atoms with Crippen LogP contribution in [0.5, 0.6) is 0 Å². The number of carboxylic acids is 1. The Morgan fingerprint density at radius 2 is 2.26 bits per heavy atom. The zero-order valence-electron chi connectivity index (χ0n) is 10.5. The lowest BCUT2D eigenvalue weighted by Crippen LogP contribution is -2.06. The van der Waals surface area contributed by atoms with Crippen LogP contribution >= 0.6 is 11.8 Å². The number of aromatic carboxylic acids is 1. The molecule has 7 nitrogen and oxygen atoms in total. The summed E-state index contributed by atoms with van der Waals surface area (Å²) in [6.07, 6.45) is 0. The van der Waals surface area contributed by atoms with Gasteiger partial charge in [0.15, 0.2) is 5.16 Å². The fourth-order valence-corrected chi connectivity index (χ4v) is 2.55. The summed E-state index contributed by atoms with van der Waals surface area (Å²) in [5.74, 6) is 0.256. The minimum Gasteiger partial charge on any atom is -0.475 e. The van der Waals surface area contributed by atoms with E-state index >= 15 is 0 Å². The number of thioether (sulfide) groups is 1. The van der Waals surface area contributed by atoms with E-state index in [4.69, 9.17) is 15.3 Å². The van der Waals surface area contributed by atoms with Gasteiger partial charge in [0.05, 0.1) is 5.75 Å².